The van der Waals surface area contributed by atoms with E-state index in [1.165, 1.54) is 17.0 Å². The highest BCUT2D eigenvalue weighted by Crippen LogP contribution is 2.24. The van der Waals surface area contributed by atoms with Crippen LogP contribution in [-0.4, -0.2) is 42.1 Å². The van der Waals surface area contributed by atoms with E-state index >= 15 is 0 Å². The maximum Gasteiger partial charge on any atom is 0.387 e. The summed E-state index contributed by atoms with van der Waals surface area (Å²) in [4.78, 5) is 26.3. The molecular weight excluding hydrogens is 394 g/mol. The van der Waals surface area contributed by atoms with Crippen LogP contribution in [0.2, 0.25) is 0 Å². The Morgan fingerprint density at radius 3 is 2.40 bits per heavy atom. The molecule has 0 aliphatic carbocycles. The molecule has 0 saturated carbocycles. The zero-order chi connectivity index (χ0) is 21.6. The lowest BCUT2D eigenvalue weighted by Gasteiger charge is -2.21. The molecule has 0 radical (unpaired) electrons. The number of nitrogens with one attached hydrogen (secondary N) is 1. The van der Waals surface area contributed by atoms with Crippen molar-refractivity contribution in [3.63, 3.8) is 0 Å². The number of urea groups is 1. The van der Waals surface area contributed by atoms with Crippen LogP contribution < -0.4 is 14.8 Å². The molecule has 1 fully saturated rings. The number of aryl methyl sites for hydroxylation is 1. The van der Waals surface area contributed by atoms with E-state index in [1.807, 2.05) is 30.3 Å². The average Bonchev–Trinajstić information content (AvgIpc) is 2.94. The van der Waals surface area contributed by atoms with E-state index in [2.05, 4.69) is 10.1 Å². The van der Waals surface area contributed by atoms with Crippen molar-refractivity contribution in [2.75, 3.05) is 13.2 Å². The largest absolute Gasteiger partial charge is 0.494 e. The van der Waals surface area contributed by atoms with Crippen molar-refractivity contribution in [3.8, 4) is 11.5 Å². The van der Waals surface area contributed by atoms with Crippen LogP contribution in [-0.2, 0) is 11.2 Å². The minimum atomic E-state index is -2.87. The SMILES string of the molecule is CC1(CCc2ccc(OC(F)F)cc2)NC(=O)N(CCCOc2ccccc2)C1=O. The quantitative estimate of drug-likeness (QED) is 0.468. The van der Waals surface area contributed by atoms with Crippen molar-refractivity contribution < 1.29 is 27.8 Å². The fraction of sp³-hybridized carbons (Fsp3) is 0.364. The van der Waals surface area contributed by atoms with Gasteiger partial charge in [0.05, 0.1) is 6.61 Å². The smallest absolute Gasteiger partial charge is 0.387 e. The molecule has 160 valence electrons. The third-order valence-electron chi connectivity index (χ3n) is 4.95. The Morgan fingerprint density at radius 1 is 1.03 bits per heavy atom. The number of halogens is 2. The predicted octanol–water partition coefficient (Wildman–Crippen LogP) is 4.00. The van der Waals surface area contributed by atoms with Crippen molar-refractivity contribution in [2.45, 2.75) is 38.3 Å². The molecule has 30 heavy (non-hydrogen) atoms. The van der Waals surface area contributed by atoms with Gasteiger partial charge in [0.15, 0.2) is 0 Å². The van der Waals surface area contributed by atoms with Gasteiger partial charge in [-0.25, -0.2) is 4.79 Å². The van der Waals surface area contributed by atoms with Crippen molar-refractivity contribution in [1.82, 2.24) is 10.2 Å². The summed E-state index contributed by atoms with van der Waals surface area (Å²) in [6.07, 6.45) is 1.42. The summed E-state index contributed by atoms with van der Waals surface area (Å²) in [6.45, 7) is -0.510. The van der Waals surface area contributed by atoms with Gasteiger partial charge >= 0.3 is 12.6 Å². The van der Waals surface area contributed by atoms with Crippen LogP contribution in [0.5, 0.6) is 11.5 Å². The Morgan fingerprint density at radius 2 is 1.73 bits per heavy atom. The van der Waals surface area contributed by atoms with Gasteiger partial charge in [-0.05, 0) is 56.0 Å². The lowest BCUT2D eigenvalue weighted by atomic mass is 9.93. The van der Waals surface area contributed by atoms with Crippen LogP contribution in [0, 0.1) is 0 Å². The summed E-state index contributed by atoms with van der Waals surface area (Å²) in [7, 11) is 0. The molecule has 8 heteroatoms. The Bertz CT molecular complexity index is 861. The van der Waals surface area contributed by atoms with Gasteiger partial charge in [0.2, 0.25) is 0 Å². The molecule has 1 aliphatic heterocycles. The number of amides is 3. The van der Waals surface area contributed by atoms with Gasteiger partial charge in [-0.3, -0.25) is 9.69 Å². The summed E-state index contributed by atoms with van der Waals surface area (Å²) in [5, 5.41) is 2.77. The first-order valence-electron chi connectivity index (χ1n) is 9.73. The number of hydrogen-bond donors (Lipinski definition) is 1. The zero-order valence-corrected chi connectivity index (χ0v) is 16.6. The van der Waals surface area contributed by atoms with E-state index < -0.39 is 18.2 Å². The molecule has 0 aromatic heterocycles. The highest BCUT2D eigenvalue weighted by atomic mass is 19.3. The summed E-state index contributed by atoms with van der Waals surface area (Å²) in [5.74, 6) is 0.545. The molecule has 1 N–H and O–H groups in total. The fourth-order valence-corrected chi connectivity index (χ4v) is 3.28. The number of carbonyl (C=O) groups is 2. The summed E-state index contributed by atoms with van der Waals surface area (Å²) in [6, 6.07) is 15.2. The second-order valence-electron chi connectivity index (χ2n) is 7.26. The van der Waals surface area contributed by atoms with Crippen LogP contribution in [0.4, 0.5) is 13.6 Å². The monoisotopic (exact) mass is 418 g/mol. The van der Waals surface area contributed by atoms with E-state index in [0.29, 0.717) is 25.9 Å². The van der Waals surface area contributed by atoms with Gasteiger partial charge in [0.25, 0.3) is 5.91 Å². The van der Waals surface area contributed by atoms with Crippen molar-refractivity contribution in [3.05, 3.63) is 60.2 Å². The number of benzene rings is 2. The Labute approximate surface area is 173 Å². The highest BCUT2D eigenvalue weighted by molar-refractivity contribution is 6.06. The molecule has 3 rings (SSSR count). The summed E-state index contributed by atoms with van der Waals surface area (Å²) in [5.41, 5.74) is -0.148. The third kappa shape index (κ3) is 5.46. The molecule has 0 bridgehead atoms. The number of carbonyl (C=O) groups excluding carboxylic acids is 2. The Kier molecular flexibility index (Phi) is 6.87. The van der Waals surface area contributed by atoms with E-state index in [4.69, 9.17) is 4.74 Å². The molecule has 0 spiro atoms. The van der Waals surface area contributed by atoms with E-state index in [0.717, 1.165) is 11.3 Å². The van der Waals surface area contributed by atoms with Crippen molar-refractivity contribution in [1.29, 1.82) is 0 Å². The molecule has 1 unspecified atom stereocenters. The standard InChI is InChI=1S/C22H24F2N2O4/c1-22(13-12-16-8-10-18(11-9-16)30-20(23)24)19(27)26(21(28)25-22)14-5-15-29-17-6-3-2-4-7-17/h2-4,6-11,20H,5,12-15H2,1H3,(H,25,28). The maximum absolute atomic E-state index is 12.8. The second kappa shape index (κ2) is 9.56. The normalized spacial score (nSPS) is 18.6. The molecule has 3 amide bonds. The first kappa shape index (κ1) is 21.5. The lowest BCUT2D eigenvalue weighted by molar-refractivity contribution is -0.131. The van der Waals surface area contributed by atoms with Crippen LogP contribution in [0.15, 0.2) is 54.6 Å². The van der Waals surface area contributed by atoms with Gasteiger partial charge in [-0.15, -0.1) is 0 Å². The molecule has 1 atom stereocenters. The minimum absolute atomic E-state index is 0.0779. The molecule has 1 heterocycles. The van der Waals surface area contributed by atoms with Crippen LogP contribution >= 0.6 is 0 Å². The Hall–Kier alpha value is -3.16. The maximum atomic E-state index is 12.8. The first-order valence-corrected chi connectivity index (χ1v) is 9.73. The number of rotatable bonds is 10. The molecule has 2 aromatic rings. The predicted molar refractivity (Wildman–Crippen MR) is 107 cm³/mol. The fourth-order valence-electron chi connectivity index (χ4n) is 3.28. The topological polar surface area (TPSA) is 67.9 Å². The van der Waals surface area contributed by atoms with Crippen LogP contribution in [0.3, 0.4) is 0 Å². The van der Waals surface area contributed by atoms with E-state index in [9.17, 15) is 18.4 Å². The van der Waals surface area contributed by atoms with Gasteiger partial charge in [0.1, 0.15) is 17.0 Å². The zero-order valence-electron chi connectivity index (χ0n) is 16.6. The van der Waals surface area contributed by atoms with Crippen molar-refractivity contribution in [2.24, 2.45) is 0 Å². The summed E-state index contributed by atoms with van der Waals surface area (Å²) < 4.78 is 34.4. The van der Waals surface area contributed by atoms with Gasteiger partial charge in [-0.2, -0.15) is 8.78 Å². The second-order valence-corrected chi connectivity index (χ2v) is 7.26. The number of para-hydroxylation sites is 1. The third-order valence-corrected chi connectivity index (χ3v) is 4.95. The minimum Gasteiger partial charge on any atom is -0.494 e. The van der Waals surface area contributed by atoms with E-state index in [1.54, 1.807) is 19.1 Å². The van der Waals surface area contributed by atoms with E-state index in [-0.39, 0.29) is 18.2 Å². The van der Waals surface area contributed by atoms with Gasteiger partial charge in [-0.1, -0.05) is 30.3 Å². The molecule has 1 saturated heterocycles. The highest BCUT2D eigenvalue weighted by Gasteiger charge is 2.46. The number of imide groups is 1. The van der Waals surface area contributed by atoms with Crippen molar-refractivity contribution >= 4 is 11.9 Å². The van der Waals surface area contributed by atoms with Crippen LogP contribution in [0.25, 0.3) is 0 Å². The number of hydrogen-bond acceptors (Lipinski definition) is 4. The van der Waals surface area contributed by atoms with Gasteiger partial charge in [0, 0.05) is 6.54 Å². The summed E-state index contributed by atoms with van der Waals surface area (Å²) >= 11 is 0. The van der Waals surface area contributed by atoms with Gasteiger partial charge < -0.3 is 14.8 Å². The molecular formula is C22H24F2N2O4. The number of ether oxygens (including phenoxy) is 2. The van der Waals surface area contributed by atoms with Crippen LogP contribution in [0.1, 0.15) is 25.3 Å². The molecule has 1 aliphatic rings. The number of nitrogens with zero attached hydrogens (tertiary/aromatic N) is 1. The molecule has 6 nitrogen and oxygen atoms in total. The average molecular weight is 418 g/mol. The number of alkyl halides is 2. The molecule has 2 aromatic carbocycles. The Balaban J connectivity index is 1.48. The first-order chi connectivity index (χ1) is 14.4. The lowest BCUT2D eigenvalue weighted by Crippen LogP contribution is -2.44.